The van der Waals surface area contributed by atoms with Crippen LogP contribution < -0.4 is 10.1 Å². The molecular weight excluding hydrogens is 367 g/mol. The molecule has 152 valence electrons. The zero-order valence-electron chi connectivity index (χ0n) is 16.0. The van der Waals surface area contributed by atoms with Crippen molar-refractivity contribution in [1.82, 2.24) is 5.32 Å². The van der Waals surface area contributed by atoms with Gasteiger partial charge in [0.25, 0.3) is 0 Å². The van der Waals surface area contributed by atoms with Crippen LogP contribution in [0.3, 0.4) is 0 Å². The van der Waals surface area contributed by atoms with Gasteiger partial charge in [0.2, 0.25) is 0 Å². The van der Waals surface area contributed by atoms with E-state index < -0.39 is 18.8 Å². The third-order valence-electron chi connectivity index (χ3n) is 4.98. The number of benzene rings is 2. The Morgan fingerprint density at radius 1 is 1.04 bits per heavy atom. The Balaban J connectivity index is 1.72. The first-order valence-corrected chi connectivity index (χ1v) is 9.60. The van der Waals surface area contributed by atoms with Crippen LogP contribution in [-0.4, -0.2) is 23.9 Å². The smallest absolute Gasteiger partial charge is 0.415 e. The molecule has 3 rings (SSSR count). The number of rotatable bonds is 8. The third kappa shape index (κ3) is 5.49. The van der Waals surface area contributed by atoms with Gasteiger partial charge >= 0.3 is 6.18 Å². The van der Waals surface area contributed by atoms with E-state index in [-0.39, 0.29) is 12.0 Å². The molecule has 0 radical (unpaired) electrons. The number of aliphatic hydroxyl groups excluding tert-OH is 1. The van der Waals surface area contributed by atoms with Gasteiger partial charge in [-0.3, -0.25) is 0 Å². The fourth-order valence-corrected chi connectivity index (χ4v) is 3.19. The van der Waals surface area contributed by atoms with Crippen LogP contribution in [0.2, 0.25) is 0 Å². The number of aliphatic hydroxyl groups is 1. The maximum Gasteiger partial charge on any atom is 0.415 e. The molecular formula is C22H26F3NO2. The van der Waals surface area contributed by atoms with Gasteiger partial charge in [0.15, 0.2) is 6.10 Å². The van der Waals surface area contributed by atoms with Crippen LogP contribution in [0.25, 0.3) is 0 Å². The number of halogens is 3. The Labute approximate surface area is 163 Å². The fourth-order valence-electron chi connectivity index (χ4n) is 3.19. The van der Waals surface area contributed by atoms with Gasteiger partial charge in [-0.25, -0.2) is 0 Å². The fraction of sp³-hybridized carbons (Fsp3) is 0.455. The average Bonchev–Trinajstić information content (AvgIpc) is 3.46. The Morgan fingerprint density at radius 3 is 2.14 bits per heavy atom. The highest BCUT2D eigenvalue weighted by molar-refractivity contribution is 5.37. The Kier molecular flexibility index (Phi) is 6.30. The standard InChI is InChI=1S/C22H26F3NO2/c1-14(2)16-5-3-7-18(11-16)28-19-8-4-6-17(12-19)21(15-9-10-15)26-13-20(27)22(23,24)25/h3-8,11-12,14-15,20-21,26-27H,9-10,13H2,1-2H3. The van der Waals surface area contributed by atoms with Crippen molar-refractivity contribution < 1.29 is 23.0 Å². The zero-order valence-corrected chi connectivity index (χ0v) is 16.0. The highest BCUT2D eigenvalue weighted by Crippen LogP contribution is 2.42. The van der Waals surface area contributed by atoms with Crippen LogP contribution in [0, 0.1) is 5.92 Å². The summed E-state index contributed by atoms with van der Waals surface area (Å²) >= 11 is 0. The molecule has 0 aromatic heterocycles. The van der Waals surface area contributed by atoms with Gasteiger partial charge in [0, 0.05) is 12.6 Å². The molecule has 0 heterocycles. The first kappa shape index (κ1) is 20.7. The summed E-state index contributed by atoms with van der Waals surface area (Å²) in [5, 5.41) is 12.2. The van der Waals surface area contributed by atoms with Crippen molar-refractivity contribution in [3.05, 3.63) is 59.7 Å². The number of hydrogen-bond acceptors (Lipinski definition) is 3. The van der Waals surface area contributed by atoms with Crippen LogP contribution in [0.5, 0.6) is 11.5 Å². The van der Waals surface area contributed by atoms with Crippen LogP contribution in [0.15, 0.2) is 48.5 Å². The van der Waals surface area contributed by atoms with Crippen LogP contribution >= 0.6 is 0 Å². The summed E-state index contributed by atoms with van der Waals surface area (Å²) in [5.74, 6) is 2.03. The lowest BCUT2D eigenvalue weighted by Crippen LogP contribution is -2.40. The van der Waals surface area contributed by atoms with E-state index in [9.17, 15) is 18.3 Å². The van der Waals surface area contributed by atoms with Crippen LogP contribution in [0.1, 0.15) is 49.8 Å². The van der Waals surface area contributed by atoms with Gasteiger partial charge in [0.1, 0.15) is 11.5 Å². The monoisotopic (exact) mass is 393 g/mol. The molecule has 2 atom stereocenters. The van der Waals surface area contributed by atoms with E-state index in [1.165, 1.54) is 5.56 Å². The van der Waals surface area contributed by atoms with Crippen molar-refractivity contribution >= 4 is 0 Å². The first-order chi connectivity index (χ1) is 13.2. The van der Waals surface area contributed by atoms with Gasteiger partial charge in [0.05, 0.1) is 0 Å². The molecule has 2 aromatic rings. The normalized spacial score (nSPS) is 16.8. The summed E-state index contributed by atoms with van der Waals surface area (Å²) in [5.41, 5.74) is 2.04. The summed E-state index contributed by atoms with van der Waals surface area (Å²) < 4.78 is 43.8. The highest BCUT2D eigenvalue weighted by atomic mass is 19.4. The summed E-state index contributed by atoms with van der Waals surface area (Å²) in [6.07, 6.45) is -5.07. The number of nitrogens with one attached hydrogen (secondary N) is 1. The van der Waals surface area contributed by atoms with Crippen molar-refractivity contribution in [3.8, 4) is 11.5 Å². The second kappa shape index (κ2) is 8.53. The molecule has 0 aliphatic heterocycles. The Bertz CT molecular complexity index is 787. The second-order valence-electron chi connectivity index (χ2n) is 7.68. The Hall–Kier alpha value is -2.05. The molecule has 2 aromatic carbocycles. The lowest BCUT2D eigenvalue weighted by atomic mass is 10.0. The average molecular weight is 393 g/mol. The van der Waals surface area contributed by atoms with E-state index in [0.29, 0.717) is 11.7 Å². The van der Waals surface area contributed by atoms with E-state index in [2.05, 4.69) is 19.2 Å². The predicted molar refractivity (Wildman–Crippen MR) is 103 cm³/mol. The largest absolute Gasteiger partial charge is 0.457 e. The van der Waals surface area contributed by atoms with E-state index in [0.717, 1.165) is 24.2 Å². The van der Waals surface area contributed by atoms with Gasteiger partial charge in [-0.05, 0) is 60.1 Å². The number of hydrogen-bond donors (Lipinski definition) is 2. The van der Waals surface area contributed by atoms with Gasteiger partial charge < -0.3 is 15.2 Å². The minimum absolute atomic E-state index is 0.234. The van der Waals surface area contributed by atoms with Crippen molar-refractivity contribution in [3.63, 3.8) is 0 Å². The zero-order chi connectivity index (χ0) is 20.3. The topological polar surface area (TPSA) is 41.5 Å². The molecule has 3 nitrogen and oxygen atoms in total. The molecule has 0 bridgehead atoms. The third-order valence-corrected chi connectivity index (χ3v) is 4.98. The first-order valence-electron chi connectivity index (χ1n) is 9.60. The summed E-state index contributed by atoms with van der Waals surface area (Å²) in [6.45, 7) is 3.70. The maximum atomic E-state index is 12.6. The van der Waals surface area contributed by atoms with Gasteiger partial charge in [-0.1, -0.05) is 38.1 Å². The SMILES string of the molecule is CC(C)c1cccc(Oc2cccc(C(NCC(O)C(F)(F)F)C3CC3)c2)c1. The van der Waals surface area contributed by atoms with Crippen molar-refractivity contribution in [2.75, 3.05) is 6.54 Å². The van der Waals surface area contributed by atoms with Gasteiger partial charge in [-0.15, -0.1) is 0 Å². The van der Waals surface area contributed by atoms with E-state index >= 15 is 0 Å². The summed E-state index contributed by atoms with van der Waals surface area (Å²) in [4.78, 5) is 0. The van der Waals surface area contributed by atoms with Crippen molar-refractivity contribution in [1.29, 1.82) is 0 Å². The summed E-state index contributed by atoms with van der Waals surface area (Å²) in [7, 11) is 0. The van der Waals surface area contributed by atoms with Crippen molar-refractivity contribution in [2.24, 2.45) is 5.92 Å². The number of ether oxygens (including phenoxy) is 1. The minimum atomic E-state index is -4.62. The van der Waals surface area contributed by atoms with Crippen LogP contribution in [-0.2, 0) is 0 Å². The summed E-state index contributed by atoms with van der Waals surface area (Å²) in [6, 6.07) is 15.1. The lowest BCUT2D eigenvalue weighted by molar-refractivity contribution is -0.202. The van der Waals surface area contributed by atoms with Crippen LogP contribution in [0.4, 0.5) is 13.2 Å². The molecule has 2 unspecified atom stereocenters. The Morgan fingerprint density at radius 2 is 1.61 bits per heavy atom. The molecule has 1 saturated carbocycles. The molecule has 2 N–H and O–H groups in total. The quantitative estimate of drug-likeness (QED) is 0.616. The lowest BCUT2D eigenvalue weighted by Gasteiger charge is -2.22. The van der Waals surface area contributed by atoms with Crippen molar-refractivity contribution in [2.45, 2.75) is 50.9 Å². The van der Waals surface area contributed by atoms with E-state index in [1.54, 1.807) is 0 Å². The molecule has 0 saturated heterocycles. The predicted octanol–water partition coefficient (Wildman–Crippen LogP) is 5.57. The molecule has 1 fully saturated rings. The van der Waals surface area contributed by atoms with E-state index in [1.807, 2.05) is 48.5 Å². The second-order valence-corrected chi connectivity index (χ2v) is 7.68. The maximum absolute atomic E-state index is 12.6. The number of alkyl halides is 3. The molecule has 0 amide bonds. The minimum Gasteiger partial charge on any atom is -0.457 e. The molecule has 0 spiro atoms. The molecule has 6 heteroatoms. The van der Waals surface area contributed by atoms with Gasteiger partial charge in [-0.2, -0.15) is 13.2 Å². The highest BCUT2D eigenvalue weighted by Gasteiger charge is 2.39. The molecule has 28 heavy (non-hydrogen) atoms. The van der Waals surface area contributed by atoms with E-state index in [4.69, 9.17) is 4.74 Å². The molecule has 1 aliphatic carbocycles. The molecule has 1 aliphatic rings.